The first kappa shape index (κ1) is 10.7. The molecule has 1 N–H and O–H groups in total. The van der Waals surface area contributed by atoms with E-state index >= 15 is 0 Å². The van der Waals surface area contributed by atoms with Crippen molar-refractivity contribution >= 4 is 0 Å². The number of aliphatic hydroxyl groups is 1. The van der Waals surface area contributed by atoms with Gasteiger partial charge in [-0.3, -0.25) is 9.97 Å². The van der Waals surface area contributed by atoms with Crippen molar-refractivity contribution in [2.45, 2.75) is 20.4 Å². The first-order valence-electron chi connectivity index (χ1n) is 5.25. The minimum Gasteiger partial charge on any atom is -0.508 e. The molecule has 0 bridgehead atoms. The lowest BCUT2D eigenvalue weighted by atomic mass is 10.2. The standard InChI is InChI=1S/C12H15N3O/c1-9-6-14-11(7-13-9)8-15-4-3-12(16)5-10(15)2/h3,5-7,16H,4,8H2,1-2H3. The normalized spacial score (nSPS) is 15.8. The second kappa shape index (κ2) is 4.35. The lowest BCUT2D eigenvalue weighted by Gasteiger charge is -2.26. The Morgan fingerprint density at radius 1 is 1.31 bits per heavy atom. The van der Waals surface area contributed by atoms with Gasteiger partial charge in [0.2, 0.25) is 0 Å². The smallest absolute Gasteiger partial charge is 0.115 e. The quantitative estimate of drug-likeness (QED) is 0.822. The highest BCUT2D eigenvalue weighted by atomic mass is 16.3. The molecule has 0 saturated heterocycles. The topological polar surface area (TPSA) is 49.2 Å². The molecule has 0 fully saturated rings. The van der Waals surface area contributed by atoms with Crippen molar-refractivity contribution in [2.24, 2.45) is 0 Å². The molecule has 1 aromatic rings. The molecule has 0 saturated carbocycles. The number of allylic oxidation sites excluding steroid dienone is 2. The molecule has 0 radical (unpaired) electrons. The summed E-state index contributed by atoms with van der Waals surface area (Å²) in [7, 11) is 0. The van der Waals surface area contributed by atoms with E-state index in [1.54, 1.807) is 24.5 Å². The van der Waals surface area contributed by atoms with E-state index in [-0.39, 0.29) is 0 Å². The van der Waals surface area contributed by atoms with E-state index in [0.717, 1.165) is 23.6 Å². The fourth-order valence-electron chi connectivity index (χ4n) is 1.60. The molecule has 0 unspecified atom stereocenters. The highest BCUT2D eigenvalue weighted by Crippen LogP contribution is 2.15. The molecule has 4 heteroatoms. The van der Waals surface area contributed by atoms with E-state index in [1.165, 1.54) is 0 Å². The lowest BCUT2D eigenvalue weighted by Crippen LogP contribution is -2.24. The number of hydrogen-bond donors (Lipinski definition) is 1. The average molecular weight is 217 g/mol. The van der Waals surface area contributed by atoms with Crippen molar-refractivity contribution in [1.82, 2.24) is 14.9 Å². The summed E-state index contributed by atoms with van der Waals surface area (Å²) >= 11 is 0. The zero-order chi connectivity index (χ0) is 11.5. The van der Waals surface area contributed by atoms with Gasteiger partial charge in [0.25, 0.3) is 0 Å². The minimum absolute atomic E-state index is 0.337. The Balaban J connectivity index is 2.06. The van der Waals surface area contributed by atoms with Crippen molar-refractivity contribution in [3.63, 3.8) is 0 Å². The summed E-state index contributed by atoms with van der Waals surface area (Å²) in [6.07, 6.45) is 7.10. The number of aryl methyl sites for hydroxylation is 1. The highest BCUT2D eigenvalue weighted by Gasteiger charge is 2.11. The minimum atomic E-state index is 0.337. The molecule has 1 aromatic heterocycles. The Morgan fingerprint density at radius 2 is 2.12 bits per heavy atom. The number of nitrogens with zero attached hydrogens (tertiary/aromatic N) is 3. The third kappa shape index (κ3) is 2.39. The monoisotopic (exact) mass is 217 g/mol. The predicted octanol–water partition coefficient (Wildman–Crippen LogP) is 1.95. The van der Waals surface area contributed by atoms with Crippen molar-refractivity contribution < 1.29 is 5.11 Å². The van der Waals surface area contributed by atoms with Gasteiger partial charge in [-0.25, -0.2) is 0 Å². The maximum Gasteiger partial charge on any atom is 0.115 e. The van der Waals surface area contributed by atoms with E-state index < -0.39 is 0 Å². The van der Waals surface area contributed by atoms with Crippen LogP contribution in [0, 0.1) is 6.92 Å². The average Bonchev–Trinajstić information content (AvgIpc) is 2.25. The second-order valence-corrected chi connectivity index (χ2v) is 3.94. The molecule has 0 atom stereocenters. The summed E-state index contributed by atoms with van der Waals surface area (Å²) in [6.45, 7) is 5.33. The van der Waals surface area contributed by atoms with Gasteiger partial charge < -0.3 is 10.0 Å². The largest absolute Gasteiger partial charge is 0.508 e. The molecular weight excluding hydrogens is 202 g/mol. The zero-order valence-corrected chi connectivity index (χ0v) is 9.51. The van der Waals surface area contributed by atoms with Gasteiger partial charge in [-0.1, -0.05) is 0 Å². The van der Waals surface area contributed by atoms with Crippen LogP contribution in [0.4, 0.5) is 0 Å². The van der Waals surface area contributed by atoms with E-state index in [1.807, 2.05) is 13.8 Å². The maximum atomic E-state index is 9.33. The Morgan fingerprint density at radius 3 is 2.75 bits per heavy atom. The van der Waals surface area contributed by atoms with Gasteiger partial charge >= 0.3 is 0 Å². The predicted molar refractivity (Wildman–Crippen MR) is 61.6 cm³/mol. The van der Waals surface area contributed by atoms with Crippen LogP contribution in [0.25, 0.3) is 0 Å². The molecular formula is C12H15N3O. The first-order chi connectivity index (χ1) is 7.65. The second-order valence-electron chi connectivity index (χ2n) is 3.94. The van der Waals surface area contributed by atoms with E-state index in [0.29, 0.717) is 12.3 Å². The molecule has 16 heavy (non-hydrogen) atoms. The molecule has 0 spiro atoms. The Labute approximate surface area is 95.0 Å². The Hall–Kier alpha value is -1.84. The third-order valence-electron chi connectivity index (χ3n) is 2.56. The molecule has 0 aromatic carbocycles. The lowest BCUT2D eigenvalue weighted by molar-refractivity contribution is 0.339. The summed E-state index contributed by atoms with van der Waals surface area (Å²) in [6, 6.07) is 0. The maximum absolute atomic E-state index is 9.33. The molecule has 2 heterocycles. The van der Waals surface area contributed by atoms with Gasteiger partial charge in [0.05, 0.1) is 24.1 Å². The van der Waals surface area contributed by atoms with Gasteiger partial charge in [0.15, 0.2) is 0 Å². The summed E-state index contributed by atoms with van der Waals surface area (Å²) in [5, 5.41) is 9.33. The van der Waals surface area contributed by atoms with Crippen molar-refractivity contribution in [2.75, 3.05) is 6.54 Å². The SMILES string of the molecule is CC1=CC(O)=CCN1Cc1cnc(C)cn1. The van der Waals surface area contributed by atoms with Crippen molar-refractivity contribution in [3.05, 3.63) is 47.4 Å². The van der Waals surface area contributed by atoms with Gasteiger partial charge in [0, 0.05) is 18.4 Å². The van der Waals surface area contributed by atoms with E-state index in [9.17, 15) is 5.11 Å². The Bertz CT molecular complexity index is 434. The van der Waals surface area contributed by atoms with E-state index in [2.05, 4.69) is 14.9 Å². The zero-order valence-electron chi connectivity index (χ0n) is 9.51. The van der Waals surface area contributed by atoms with Crippen LogP contribution in [0.2, 0.25) is 0 Å². The van der Waals surface area contributed by atoms with Crippen LogP contribution in [0.5, 0.6) is 0 Å². The fraction of sp³-hybridized carbons (Fsp3) is 0.333. The molecule has 1 aliphatic heterocycles. The molecule has 0 amide bonds. The molecule has 84 valence electrons. The number of rotatable bonds is 2. The van der Waals surface area contributed by atoms with Crippen LogP contribution in [0.15, 0.2) is 36.0 Å². The van der Waals surface area contributed by atoms with Crippen LogP contribution >= 0.6 is 0 Å². The number of aliphatic hydroxyl groups excluding tert-OH is 1. The van der Waals surface area contributed by atoms with Crippen LogP contribution in [0.1, 0.15) is 18.3 Å². The van der Waals surface area contributed by atoms with Crippen LogP contribution in [0.3, 0.4) is 0 Å². The molecule has 1 aliphatic rings. The molecule has 2 rings (SSSR count). The first-order valence-corrected chi connectivity index (χ1v) is 5.25. The van der Waals surface area contributed by atoms with Crippen molar-refractivity contribution in [1.29, 1.82) is 0 Å². The van der Waals surface area contributed by atoms with Gasteiger partial charge in [-0.05, 0) is 26.0 Å². The van der Waals surface area contributed by atoms with Gasteiger partial charge in [-0.15, -0.1) is 0 Å². The molecule has 0 aliphatic carbocycles. The Kier molecular flexibility index (Phi) is 2.90. The highest BCUT2D eigenvalue weighted by molar-refractivity contribution is 5.21. The number of aromatic nitrogens is 2. The van der Waals surface area contributed by atoms with Crippen molar-refractivity contribution in [3.8, 4) is 0 Å². The molecule has 4 nitrogen and oxygen atoms in total. The summed E-state index contributed by atoms with van der Waals surface area (Å²) in [5.74, 6) is 0.337. The van der Waals surface area contributed by atoms with E-state index in [4.69, 9.17) is 0 Å². The van der Waals surface area contributed by atoms with Gasteiger partial charge in [0.1, 0.15) is 5.76 Å². The summed E-state index contributed by atoms with van der Waals surface area (Å²) in [4.78, 5) is 10.7. The van der Waals surface area contributed by atoms with Crippen LogP contribution < -0.4 is 0 Å². The number of hydrogen-bond acceptors (Lipinski definition) is 4. The fourth-order valence-corrected chi connectivity index (χ4v) is 1.60. The van der Waals surface area contributed by atoms with Crippen LogP contribution in [-0.4, -0.2) is 26.5 Å². The van der Waals surface area contributed by atoms with Gasteiger partial charge in [-0.2, -0.15) is 0 Å². The van der Waals surface area contributed by atoms with Crippen LogP contribution in [-0.2, 0) is 6.54 Å². The summed E-state index contributed by atoms with van der Waals surface area (Å²) < 4.78 is 0. The summed E-state index contributed by atoms with van der Waals surface area (Å²) in [5.41, 5.74) is 2.91. The third-order valence-corrected chi connectivity index (χ3v) is 2.56.